The molecule has 0 amide bonds. The van der Waals surface area contributed by atoms with Gasteiger partial charge in [0.05, 0.1) is 30.9 Å². The summed E-state index contributed by atoms with van der Waals surface area (Å²) in [6, 6.07) is 10.2. The van der Waals surface area contributed by atoms with Crippen LogP contribution in [0.2, 0.25) is 0 Å². The highest BCUT2D eigenvalue weighted by Crippen LogP contribution is 2.22. The van der Waals surface area contributed by atoms with Crippen LogP contribution in [-0.4, -0.2) is 86.6 Å². The summed E-state index contributed by atoms with van der Waals surface area (Å²) in [5.41, 5.74) is 1.21. The molecule has 31 heavy (non-hydrogen) atoms. The second kappa shape index (κ2) is 10.7. The molecule has 3 rings (SSSR count). The van der Waals surface area contributed by atoms with Gasteiger partial charge in [-0.2, -0.15) is 0 Å². The number of para-hydroxylation sites is 1. The number of nitrogens with one attached hydrogen (secondary N) is 2. The lowest BCUT2D eigenvalue weighted by Gasteiger charge is -2.34. The Balaban J connectivity index is 1.70. The van der Waals surface area contributed by atoms with Gasteiger partial charge in [-0.05, 0) is 31.5 Å². The predicted octanol–water partition coefficient (Wildman–Crippen LogP) is 1.44. The Labute approximate surface area is 185 Å². The molecule has 1 aliphatic rings. The van der Waals surface area contributed by atoms with Crippen molar-refractivity contribution in [2.45, 2.75) is 26.0 Å². The Morgan fingerprint density at radius 2 is 2.00 bits per heavy atom. The first-order valence-electron chi connectivity index (χ1n) is 11.0. The fourth-order valence-electron chi connectivity index (χ4n) is 3.67. The number of morpholine rings is 1. The Morgan fingerprint density at radius 3 is 2.71 bits per heavy atom. The molecule has 0 radical (unpaired) electrons. The van der Waals surface area contributed by atoms with Crippen molar-refractivity contribution in [1.82, 2.24) is 20.5 Å². The van der Waals surface area contributed by atoms with E-state index in [4.69, 9.17) is 14.7 Å². The normalized spacial score (nSPS) is 17.4. The number of pyridine rings is 1. The zero-order chi connectivity index (χ0) is 22.3. The Kier molecular flexibility index (Phi) is 8.06. The molecule has 1 aliphatic heterocycles. The third kappa shape index (κ3) is 6.78. The lowest BCUT2D eigenvalue weighted by Crippen LogP contribution is -2.52. The number of aromatic nitrogens is 1. The summed E-state index contributed by atoms with van der Waals surface area (Å²) in [5.74, 6) is 1.60. The summed E-state index contributed by atoms with van der Waals surface area (Å²) < 4.78 is 5.40. The van der Waals surface area contributed by atoms with Gasteiger partial charge >= 0.3 is 0 Å². The van der Waals surface area contributed by atoms with E-state index in [1.807, 2.05) is 51.0 Å². The molecule has 0 spiro atoms. The molecule has 1 saturated heterocycles. The predicted molar refractivity (Wildman–Crippen MR) is 127 cm³/mol. The summed E-state index contributed by atoms with van der Waals surface area (Å²) >= 11 is 0. The number of ether oxygens (including phenoxy) is 1. The van der Waals surface area contributed by atoms with Crippen molar-refractivity contribution in [3.63, 3.8) is 0 Å². The van der Waals surface area contributed by atoms with Crippen LogP contribution in [0.3, 0.4) is 0 Å². The molecule has 0 bridgehead atoms. The van der Waals surface area contributed by atoms with Crippen LogP contribution < -0.4 is 15.5 Å². The van der Waals surface area contributed by atoms with Gasteiger partial charge in [0.15, 0.2) is 5.96 Å². The number of hydrogen-bond donors (Lipinski definition) is 3. The van der Waals surface area contributed by atoms with E-state index in [-0.39, 0.29) is 0 Å². The average Bonchev–Trinajstić information content (AvgIpc) is 2.75. The molecule has 8 nitrogen and oxygen atoms in total. The number of hydrogen-bond acceptors (Lipinski definition) is 6. The van der Waals surface area contributed by atoms with Crippen molar-refractivity contribution in [3.05, 3.63) is 35.9 Å². The summed E-state index contributed by atoms with van der Waals surface area (Å²) in [6.07, 6.45) is 0. The third-order valence-corrected chi connectivity index (χ3v) is 5.30. The van der Waals surface area contributed by atoms with Crippen LogP contribution in [0.5, 0.6) is 0 Å². The molecule has 1 atom stereocenters. The molecule has 1 fully saturated rings. The van der Waals surface area contributed by atoms with Crippen molar-refractivity contribution in [3.8, 4) is 0 Å². The summed E-state index contributed by atoms with van der Waals surface area (Å²) in [4.78, 5) is 13.8. The molecular formula is C23H36N6O2. The largest absolute Gasteiger partial charge is 0.387 e. The van der Waals surface area contributed by atoms with Gasteiger partial charge < -0.3 is 25.4 Å². The maximum atomic E-state index is 10.9. The van der Waals surface area contributed by atoms with Crippen molar-refractivity contribution in [2.75, 3.05) is 64.9 Å². The van der Waals surface area contributed by atoms with Crippen LogP contribution in [-0.2, 0) is 11.3 Å². The van der Waals surface area contributed by atoms with Crippen LogP contribution in [0, 0.1) is 0 Å². The first-order chi connectivity index (χ1) is 14.9. The van der Waals surface area contributed by atoms with E-state index in [1.165, 1.54) is 0 Å². The highest BCUT2D eigenvalue weighted by molar-refractivity contribution is 5.85. The second-order valence-electron chi connectivity index (χ2n) is 8.49. The number of anilines is 1. The topological polar surface area (TPSA) is 85.2 Å². The van der Waals surface area contributed by atoms with E-state index in [0.29, 0.717) is 25.6 Å². The number of nitrogens with zero attached hydrogens (tertiary/aromatic N) is 4. The van der Waals surface area contributed by atoms with E-state index in [0.717, 1.165) is 55.1 Å². The summed E-state index contributed by atoms with van der Waals surface area (Å²) in [5, 5.41) is 18.6. The van der Waals surface area contributed by atoms with Crippen molar-refractivity contribution in [1.29, 1.82) is 0 Å². The van der Waals surface area contributed by atoms with Gasteiger partial charge in [-0.1, -0.05) is 18.2 Å². The zero-order valence-corrected chi connectivity index (χ0v) is 19.2. The molecule has 8 heteroatoms. The van der Waals surface area contributed by atoms with E-state index < -0.39 is 5.60 Å². The van der Waals surface area contributed by atoms with Crippen molar-refractivity contribution >= 4 is 22.7 Å². The maximum Gasteiger partial charge on any atom is 0.191 e. The van der Waals surface area contributed by atoms with E-state index in [1.54, 1.807) is 0 Å². The Hall–Kier alpha value is -2.42. The van der Waals surface area contributed by atoms with Gasteiger partial charge in [-0.25, -0.2) is 9.98 Å². The Morgan fingerprint density at radius 1 is 1.26 bits per heavy atom. The van der Waals surface area contributed by atoms with Gasteiger partial charge in [-0.15, -0.1) is 0 Å². The van der Waals surface area contributed by atoms with Crippen molar-refractivity contribution < 1.29 is 9.84 Å². The van der Waals surface area contributed by atoms with Crippen LogP contribution in [0.4, 0.5) is 5.82 Å². The molecule has 0 aliphatic carbocycles. The summed E-state index contributed by atoms with van der Waals surface area (Å²) in [7, 11) is 3.98. The molecule has 0 saturated carbocycles. The standard InChI is InChI=1S/C23H36N6O2/c1-5-24-22(26-16-23(2,30)17-29-10-12-31-13-11-29)25-15-18-14-21(28(3)4)27-20-9-7-6-8-19(18)20/h6-9,14,30H,5,10-13,15-17H2,1-4H3,(H2,24,25,26). The molecule has 1 aromatic heterocycles. The highest BCUT2D eigenvalue weighted by Gasteiger charge is 2.25. The SMILES string of the molecule is CCNC(=NCc1cc(N(C)C)nc2ccccc12)NCC(C)(O)CN1CCOCC1. The maximum absolute atomic E-state index is 10.9. The number of aliphatic imine (C=N–C) groups is 1. The third-order valence-electron chi connectivity index (χ3n) is 5.30. The number of rotatable bonds is 8. The van der Waals surface area contributed by atoms with E-state index >= 15 is 0 Å². The van der Waals surface area contributed by atoms with E-state index in [9.17, 15) is 5.11 Å². The second-order valence-corrected chi connectivity index (χ2v) is 8.49. The average molecular weight is 429 g/mol. The lowest BCUT2D eigenvalue weighted by atomic mass is 10.1. The number of fused-ring (bicyclic) bond motifs is 1. The quantitative estimate of drug-likeness (QED) is 0.433. The number of benzene rings is 1. The minimum atomic E-state index is -0.866. The van der Waals surface area contributed by atoms with Crippen molar-refractivity contribution in [2.24, 2.45) is 4.99 Å². The lowest BCUT2D eigenvalue weighted by molar-refractivity contribution is -0.0201. The zero-order valence-electron chi connectivity index (χ0n) is 19.2. The molecule has 1 unspecified atom stereocenters. The van der Waals surface area contributed by atoms with Gasteiger partial charge in [0, 0.05) is 52.2 Å². The van der Waals surface area contributed by atoms with Crippen LogP contribution in [0.1, 0.15) is 19.4 Å². The fraction of sp³-hybridized carbons (Fsp3) is 0.565. The smallest absolute Gasteiger partial charge is 0.191 e. The van der Waals surface area contributed by atoms with Crippen LogP contribution in [0.15, 0.2) is 35.3 Å². The van der Waals surface area contributed by atoms with Gasteiger partial charge in [0.25, 0.3) is 0 Å². The van der Waals surface area contributed by atoms with Gasteiger partial charge in [0.2, 0.25) is 0 Å². The number of β-amino-alcohol motifs (C(OH)–C–C–N with tert-alkyl or cyclic N) is 1. The number of guanidine groups is 1. The molecule has 2 aromatic rings. The Bertz CT molecular complexity index is 877. The molecule has 2 heterocycles. The highest BCUT2D eigenvalue weighted by atomic mass is 16.5. The first-order valence-corrected chi connectivity index (χ1v) is 11.0. The molecule has 3 N–H and O–H groups in total. The van der Waals surface area contributed by atoms with Gasteiger partial charge in [0.1, 0.15) is 5.82 Å². The first kappa shape index (κ1) is 23.2. The minimum absolute atomic E-state index is 0.413. The molecule has 1 aromatic carbocycles. The fourth-order valence-corrected chi connectivity index (χ4v) is 3.67. The molecule has 170 valence electrons. The monoisotopic (exact) mass is 428 g/mol. The summed E-state index contributed by atoms with van der Waals surface area (Å²) in [6.45, 7) is 9.34. The number of aliphatic hydroxyl groups is 1. The van der Waals surface area contributed by atoms with Gasteiger partial charge in [-0.3, -0.25) is 4.90 Å². The van der Waals surface area contributed by atoms with Crippen LogP contribution >= 0.6 is 0 Å². The van der Waals surface area contributed by atoms with Crippen LogP contribution in [0.25, 0.3) is 10.9 Å². The van der Waals surface area contributed by atoms with E-state index in [2.05, 4.69) is 27.7 Å². The minimum Gasteiger partial charge on any atom is -0.387 e. The molecular weight excluding hydrogens is 392 g/mol.